The number of rotatable bonds is 1. The van der Waals surface area contributed by atoms with E-state index in [1.165, 1.54) is 16.7 Å². The van der Waals surface area contributed by atoms with Crippen molar-refractivity contribution >= 4 is 11.8 Å². The van der Waals surface area contributed by atoms with Crippen LogP contribution in [0, 0.1) is 0 Å². The van der Waals surface area contributed by atoms with Crippen molar-refractivity contribution in [3.63, 3.8) is 0 Å². The maximum absolute atomic E-state index is 6.05. The smallest absolute Gasteiger partial charge is 0.222 e. The van der Waals surface area contributed by atoms with Crippen LogP contribution in [0.5, 0.6) is 0 Å². The number of nitrogens with two attached hydrogens (primary N) is 2. The Hall–Kier alpha value is -2.14. The van der Waals surface area contributed by atoms with Crippen molar-refractivity contribution in [2.45, 2.75) is 38.1 Å². The summed E-state index contributed by atoms with van der Waals surface area (Å²) < 4.78 is 0. The summed E-state index contributed by atoms with van der Waals surface area (Å²) >= 11 is 0. The number of piperidine rings is 1. The molecule has 0 saturated carbocycles. The molecule has 23 heavy (non-hydrogen) atoms. The van der Waals surface area contributed by atoms with Gasteiger partial charge in [-0.3, -0.25) is 0 Å². The van der Waals surface area contributed by atoms with Crippen LogP contribution in [0.25, 0.3) is 11.3 Å². The van der Waals surface area contributed by atoms with Crippen molar-refractivity contribution in [1.82, 2.24) is 9.97 Å². The minimum atomic E-state index is 0.310. The Kier molecular flexibility index (Phi) is 3.65. The standard InChI is InChI=1S/C18H23N5/c19-13-8-10-23(11-9-13)17-15-7-3-5-12-4-1-2-6-14(12)16(15)21-18(20)22-17/h1-2,4,6,13H,3,5,7-11,19H2,(H2,20,21,22). The Bertz CT molecular complexity index is 719. The van der Waals surface area contributed by atoms with Gasteiger partial charge in [-0.05, 0) is 37.7 Å². The zero-order valence-electron chi connectivity index (χ0n) is 13.3. The minimum absolute atomic E-state index is 0.310. The number of nitrogen functional groups attached to an aromatic ring is 1. The monoisotopic (exact) mass is 309 g/mol. The average molecular weight is 309 g/mol. The van der Waals surface area contributed by atoms with Gasteiger partial charge in [-0.2, -0.15) is 4.98 Å². The molecule has 1 aromatic heterocycles. The molecule has 0 spiro atoms. The van der Waals surface area contributed by atoms with Crippen molar-refractivity contribution in [2.75, 3.05) is 23.7 Å². The van der Waals surface area contributed by atoms with Crippen LogP contribution in [0.1, 0.15) is 30.4 Å². The molecule has 1 fully saturated rings. The van der Waals surface area contributed by atoms with Gasteiger partial charge in [0.25, 0.3) is 0 Å². The van der Waals surface area contributed by atoms with Crippen molar-refractivity contribution < 1.29 is 0 Å². The molecule has 5 heteroatoms. The Morgan fingerprint density at radius 3 is 2.65 bits per heavy atom. The maximum atomic E-state index is 6.05. The summed E-state index contributed by atoms with van der Waals surface area (Å²) in [4.78, 5) is 11.5. The lowest BCUT2D eigenvalue weighted by Crippen LogP contribution is -2.40. The fourth-order valence-corrected chi connectivity index (χ4v) is 3.74. The van der Waals surface area contributed by atoms with Gasteiger partial charge in [0.05, 0.1) is 5.69 Å². The molecule has 0 bridgehead atoms. The van der Waals surface area contributed by atoms with E-state index in [1.54, 1.807) is 0 Å². The molecule has 120 valence electrons. The number of aryl methyl sites for hydroxylation is 1. The van der Waals surface area contributed by atoms with E-state index in [0.717, 1.165) is 56.7 Å². The van der Waals surface area contributed by atoms with E-state index in [4.69, 9.17) is 11.5 Å². The van der Waals surface area contributed by atoms with Gasteiger partial charge < -0.3 is 16.4 Å². The Labute approximate surface area is 136 Å². The van der Waals surface area contributed by atoms with Gasteiger partial charge >= 0.3 is 0 Å². The second kappa shape index (κ2) is 5.81. The van der Waals surface area contributed by atoms with Crippen molar-refractivity contribution in [1.29, 1.82) is 0 Å². The molecule has 2 heterocycles. The van der Waals surface area contributed by atoms with E-state index in [0.29, 0.717) is 12.0 Å². The molecule has 4 N–H and O–H groups in total. The quantitative estimate of drug-likeness (QED) is 0.843. The molecule has 1 aliphatic carbocycles. The SMILES string of the molecule is Nc1nc2c(c(N3CCC(N)CC3)n1)CCCc1ccccc1-2. The van der Waals surface area contributed by atoms with Crippen LogP contribution in [0.3, 0.4) is 0 Å². The zero-order valence-corrected chi connectivity index (χ0v) is 13.3. The first kappa shape index (κ1) is 14.5. The van der Waals surface area contributed by atoms with Crippen LogP contribution in [-0.2, 0) is 12.8 Å². The molecule has 0 amide bonds. The summed E-state index contributed by atoms with van der Waals surface area (Å²) in [7, 11) is 0. The highest BCUT2D eigenvalue weighted by atomic mass is 15.2. The van der Waals surface area contributed by atoms with Gasteiger partial charge in [0.15, 0.2) is 0 Å². The minimum Gasteiger partial charge on any atom is -0.368 e. The van der Waals surface area contributed by atoms with Gasteiger partial charge in [-0.15, -0.1) is 0 Å². The van der Waals surface area contributed by atoms with Gasteiger partial charge in [0, 0.05) is 30.3 Å². The Morgan fingerprint density at radius 2 is 1.83 bits per heavy atom. The predicted molar refractivity (Wildman–Crippen MR) is 93.3 cm³/mol. The first-order chi connectivity index (χ1) is 11.2. The summed E-state index contributed by atoms with van der Waals surface area (Å²) in [6.07, 6.45) is 5.22. The van der Waals surface area contributed by atoms with Crippen LogP contribution in [0.2, 0.25) is 0 Å². The fourth-order valence-electron chi connectivity index (χ4n) is 3.74. The van der Waals surface area contributed by atoms with Gasteiger partial charge in [0.1, 0.15) is 5.82 Å². The Balaban J connectivity index is 1.83. The first-order valence-corrected chi connectivity index (χ1v) is 8.47. The van der Waals surface area contributed by atoms with Gasteiger partial charge in [-0.1, -0.05) is 24.3 Å². The molecule has 2 aliphatic rings. The summed E-state index contributed by atoms with van der Waals surface area (Å²) in [5.74, 6) is 1.39. The highest BCUT2D eigenvalue weighted by Crippen LogP contribution is 2.36. The van der Waals surface area contributed by atoms with Crippen LogP contribution < -0.4 is 16.4 Å². The number of hydrogen-bond acceptors (Lipinski definition) is 5. The lowest BCUT2D eigenvalue weighted by Gasteiger charge is -2.32. The van der Waals surface area contributed by atoms with E-state index < -0.39 is 0 Å². The summed E-state index contributed by atoms with van der Waals surface area (Å²) in [6, 6.07) is 8.84. The van der Waals surface area contributed by atoms with Crippen molar-refractivity contribution in [3.8, 4) is 11.3 Å². The molecular formula is C18H23N5. The van der Waals surface area contributed by atoms with Crippen molar-refractivity contribution in [3.05, 3.63) is 35.4 Å². The van der Waals surface area contributed by atoms with E-state index in [1.807, 2.05) is 0 Å². The average Bonchev–Trinajstić information content (AvgIpc) is 2.75. The zero-order chi connectivity index (χ0) is 15.8. The third-order valence-electron chi connectivity index (χ3n) is 4.99. The number of aromatic nitrogens is 2. The number of fused-ring (bicyclic) bond motifs is 3. The van der Waals surface area contributed by atoms with Crippen LogP contribution in [-0.4, -0.2) is 29.1 Å². The van der Waals surface area contributed by atoms with Crippen LogP contribution in [0.4, 0.5) is 11.8 Å². The largest absolute Gasteiger partial charge is 0.368 e. The van der Waals surface area contributed by atoms with E-state index in [9.17, 15) is 0 Å². The molecule has 1 aliphatic heterocycles. The number of hydrogen-bond donors (Lipinski definition) is 2. The molecule has 1 aromatic carbocycles. The van der Waals surface area contributed by atoms with E-state index >= 15 is 0 Å². The third-order valence-corrected chi connectivity index (χ3v) is 4.99. The predicted octanol–water partition coefficient (Wildman–Crippen LogP) is 2.14. The summed E-state index contributed by atoms with van der Waals surface area (Å²) in [5.41, 5.74) is 16.9. The summed E-state index contributed by atoms with van der Waals surface area (Å²) in [6.45, 7) is 1.90. The number of benzene rings is 1. The topological polar surface area (TPSA) is 81.1 Å². The Morgan fingerprint density at radius 1 is 1.04 bits per heavy atom. The molecule has 5 nitrogen and oxygen atoms in total. The van der Waals surface area contributed by atoms with Crippen molar-refractivity contribution in [2.24, 2.45) is 5.73 Å². The first-order valence-electron chi connectivity index (χ1n) is 8.47. The number of anilines is 2. The third kappa shape index (κ3) is 2.65. The molecule has 4 rings (SSSR count). The van der Waals surface area contributed by atoms with E-state index in [2.05, 4.69) is 39.1 Å². The lowest BCUT2D eigenvalue weighted by atomic mass is 10.0. The molecule has 2 aromatic rings. The lowest BCUT2D eigenvalue weighted by molar-refractivity contribution is 0.497. The fraction of sp³-hybridized carbons (Fsp3) is 0.444. The molecule has 0 radical (unpaired) electrons. The molecule has 0 atom stereocenters. The van der Waals surface area contributed by atoms with Crippen LogP contribution >= 0.6 is 0 Å². The second-order valence-corrected chi connectivity index (χ2v) is 6.57. The normalized spacial score (nSPS) is 18.2. The van der Waals surface area contributed by atoms with Crippen LogP contribution in [0.15, 0.2) is 24.3 Å². The highest BCUT2D eigenvalue weighted by Gasteiger charge is 2.25. The number of nitrogens with zero attached hydrogens (tertiary/aromatic N) is 3. The molecule has 1 saturated heterocycles. The highest BCUT2D eigenvalue weighted by molar-refractivity contribution is 5.74. The molecular weight excluding hydrogens is 286 g/mol. The van der Waals surface area contributed by atoms with E-state index in [-0.39, 0.29) is 0 Å². The molecule has 0 unspecified atom stereocenters. The van der Waals surface area contributed by atoms with Gasteiger partial charge in [-0.25, -0.2) is 4.98 Å². The summed E-state index contributed by atoms with van der Waals surface area (Å²) in [5, 5.41) is 0. The van der Waals surface area contributed by atoms with Gasteiger partial charge in [0.2, 0.25) is 5.95 Å². The maximum Gasteiger partial charge on any atom is 0.222 e. The second-order valence-electron chi connectivity index (χ2n) is 6.57.